The van der Waals surface area contributed by atoms with Crippen LogP contribution < -0.4 is 10.1 Å². The van der Waals surface area contributed by atoms with E-state index in [0.29, 0.717) is 18.0 Å². The summed E-state index contributed by atoms with van der Waals surface area (Å²) in [6, 6.07) is 9.61. The van der Waals surface area contributed by atoms with E-state index in [-0.39, 0.29) is 35.8 Å². The van der Waals surface area contributed by atoms with Gasteiger partial charge in [0.05, 0.1) is 18.6 Å². The molecule has 2 atom stereocenters. The fraction of sp³-hybridized carbons (Fsp3) is 0.333. The predicted molar refractivity (Wildman–Crippen MR) is 95.2 cm³/mol. The lowest BCUT2D eigenvalue weighted by Gasteiger charge is -2.32. The Hall–Kier alpha value is -1.34. The Kier molecular flexibility index (Phi) is 6.17. The van der Waals surface area contributed by atoms with E-state index in [0.717, 1.165) is 17.0 Å². The first-order valence-electron chi connectivity index (χ1n) is 7.94. The van der Waals surface area contributed by atoms with Gasteiger partial charge in [-0.1, -0.05) is 11.6 Å². The fourth-order valence-electron chi connectivity index (χ4n) is 2.80. The molecule has 1 aliphatic rings. The SMILES string of the molecule is OCCNC(Sc1ccc(Cl)cc1)C1COc2c(F)ccc(F)c2C1. The van der Waals surface area contributed by atoms with Crippen LogP contribution in [0.2, 0.25) is 5.02 Å². The van der Waals surface area contributed by atoms with E-state index in [2.05, 4.69) is 5.32 Å². The van der Waals surface area contributed by atoms with Crippen LogP contribution in [0.5, 0.6) is 5.75 Å². The molecule has 134 valence electrons. The average molecular weight is 386 g/mol. The molecule has 0 bridgehead atoms. The highest BCUT2D eigenvalue weighted by atomic mass is 35.5. The predicted octanol–water partition coefficient (Wildman–Crippen LogP) is 3.87. The number of hydrogen-bond donors (Lipinski definition) is 2. The number of aliphatic hydroxyl groups excluding tert-OH is 1. The van der Waals surface area contributed by atoms with Crippen LogP contribution in [0.1, 0.15) is 5.56 Å². The van der Waals surface area contributed by atoms with Crippen molar-refractivity contribution >= 4 is 23.4 Å². The molecule has 7 heteroatoms. The van der Waals surface area contributed by atoms with E-state index < -0.39 is 11.6 Å². The Morgan fingerprint density at radius 1 is 1.20 bits per heavy atom. The van der Waals surface area contributed by atoms with Crippen LogP contribution in [0.15, 0.2) is 41.3 Å². The van der Waals surface area contributed by atoms with Gasteiger partial charge in [0.25, 0.3) is 0 Å². The van der Waals surface area contributed by atoms with Crippen LogP contribution in [0.4, 0.5) is 8.78 Å². The monoisotopic (exact) mass is 385 g/mol. The summed E-state index contributed by atoms with van der Waals surface area (Å²) >= 11 is 7.47. The van der Waals surface area contributed by atoms with E-state index in [1.54, 1.807) is 23.9 Å². The molecule has 2 aromatic rings. The molecule has 0 fully saturated rings. The third-order valence-electron chi connectivity index (χ3n) is 4.03. The number of halogens is 3. The fourth-order valence-corrected chi connectivity index (χ4v) is 4.08. The molecule has 2 N–H and O–H groups in total. The zero-order chi connectivity index (χ0) is 17.8. The zero-order valence-corrected chi connectivity index (χ0v) is 14.9. The normalized spacial score (nSPS) is 17.7. The van der Waals surface area contributed by atoms with Gasteiger partial charge in [0.15, 0.2) is 11.6 Å². The molecule has 2 aromatic carbocycles. The summed E-state index contributed by atoms with van der Waals surface area (Å²) in [5.74, 6) is -1.07. The quantitative estimate of drug-likeness (QED) is 0.585. The molecule has 1 heterocycles. The summed E-state index contributed by atoms with van der Waals surface area (Å²) in [4.78, 5) is 0.991. The van der Waals surface area contributed by atoms with Crippen molar-refractivity contribution in [3.8, 4) is 5.75 Å². The lowest BCUT2D eigenvalue weighted by Crippen LogP contribution is -2.41. The zero-order valence-electron chi connectivity index (χ0n) is 13.3. The van der Waals surface area contributed by atoms with Crippen molar-refractivity contribution in [2.24, 2.45) is 5.92 Å². The van der Waals surface area contributed by atoms with Gasteiger partial charge in [0, 0.05) is 27.9 Å². The highest BCUT2D eigenvalue weighted by Gasteiger charge is 2.31. The molecule has 0 spiro atoms. The number of benzene rings is 2. The number of thioether (sulfide) groups is 1. The van der Waals surface area contributed by atoms with Gasteiger partial charge >= 0.3 is 0 Å². The van der Waals surface area contributed by atoms with E-state index in [9.17, 15) is 8.78 Å². The van der Waals surface area contributed by atoms with Gasteiger partial charge in [-0.3, -0.25) is 0 Å². The standard InChI is InChI=1S/C18H18ClF2NO2S/c19-12-1-3-13(4-2-12)25-18(22-7-8-23)11-9-14-15(20)5-6-16(21)17(14)24-10-11/h1-6,11,18,22-23H,7-10H2. The number of ether oxygens (including phenoxy) is 1. The van der Waals surface area contributed by atoms with Crippen molar-refractivity contribution in [2.75, 3.05) is 19.8 Å². The van der Waals surface area contributed by atoms with Crippen LogP contribution in [-0.4, -0.2) is 30.2 Å². The summed E-state index contributed by atoms with van der Waals surface area (Å²) < 4.78 is 33.4. The van der Waals surface area contributed by atoms with Gasteiger partial charge in [-0.15, -0.1) is 11.8 Å². The lowest BCUT2D eigenvalue weighted by atomic mass is 9.95. The van der Waals surface area contributed by atoms with Crippen molar-refractivity contribution in [2.45, 2.75) is 16.7 Å². The van der Waals surface area contributed by atoms with Gasteiger partial charge in [0.2, 0.25) is 0 Å². The first kappa shape index (κ1) is 18.5. The number of rotatable bonds is 6. The Morgan fingerprint density at radius 3 is 2.64 bits per heavy atom. The smallest absolute Gasteiger partial charge is 0.165 e. The summed E-state index contributed by atoms with van der Waals surface area (Å²) in [7, 11) is 0. The number of aliphatic hydroxyl groups is 1. The van der Waals surface area contributed by atoms with Gasteiger partial charge in [-0.25, -0.2) is 8.78 Å². The molecule has 2 unspecified atom stereocenters. The Labute approximate surface area is 154 Å². The second-order valence-corrected chi connectivity index (χ2v) is 7.43. The molecule has 1 aliphatic heterocycles. The largest absolute Gasteiger partial charge is 0.490 e. The minimum atomic E-state index is -0.542. The van der Waals surface area contributed by atoms with Crippen molar-refractivity contribution in [1.82, 2.24) is 5.32 Å². The van der Waals surface area contributed by atoms with Crippen LogP contribution in [0.3, 0.4) is 0 Å². The van der Waals surface area contributed by atoms with Crippen LogP contribution >= 0.6 is 23.4 Å². The van der Waals surface area contributed by atoms with Crippen molar-refractivity contribution in [1.29, 1.82) is 0 Å². The molecule has 0 radical (unpaired) electrons. The minimum Gasteiger partial charge on any atom is -0.490 e. The van der Waals surface area contributed by atoms with Gasteiger partial charge in [-0.05, 0) is 42.8 Å². The number of nitrogens with one attached hydrogen (secondary N) is 1. The first-order valence-corrected chi connectivity index (χ1v) is 9.20. The van der Waals surface area contributed by atoms with Gasteiger partial charge < -0.3 is 15.2 Å². The molecule has 0 saturated heterocycles. The van der Waals surface area contributed by atoms with E-state index in [1.807, 2.05) is 12.1 Å². The maximum atomic E-state index is 14.1. The van der Waals surface area contributed by atoms with E-state index in [4.69, 9.17) is 21.4 Å². The topological polar surface area (TPSA) is 41.5 Å². The molecule has 0 aliphatic carbocycles. The third-order valence-corrected chi connectivity index (χ3v) is 5.63. The average Bonchev–Trinajstić information content (AvgIpc) is 2.63. The van der Waals surface area contributed by atoms with Crippen molar-refractivity contribution in [3.63, 3.8) is 0 Å². The Morgan fingerprint density at radius 2 is 1.92 bits per heavy atom. The maximum Gasteiger partial charge on any atom is 0.165 e. The highest BCUT2D eigenvalue weighted by Crippen LogP contribution is 2.37. The Balaban J connectivity index is 1.79. The summed E-state index contributed by atoms with van der Waals surface area (Å²) in [5, 5.41) is 12.9. The third kappa shape index (κ3) is 4.44. The Bertz CT molecular complexity index is 730. The van der Waals surface area contributed by atoms with Crippen LogP contribution in [0, 0.1) is 17.6 Å². The summed E-state index contributed by atoms with van der Waals surface area (Å²) in [6.45, 7) is 0.669. The van der Waals surface area contributed by atoms with Crippen molar-refractivity contribution in [3.05, 3.63) is 58.6 Å². The first-order chi connectivity index (χ1) is 12.1. The molecule has 0 saturated carbocycles. The minimum absolute atomic E-state index is 0.00801. The van der Waals surface area contributed by atoms with Crippen LogP contribution in [0.25, 0.3) is 0 Å². The molecule has 3 nitrogen and oxygen atoms in total. The molecule has 25 heavy (non-hydrogen) atoms. The molecule has 3 rings (SSSR count). The molecular weight excluding hydrogens is 368 g/mol. The molecule has 0 amide bonds. The van der Waals surface area contributed by atoms with E-state index >= 15 is 0 Å². The second kappa shape index (κ2) is 8.36. The summed E-state index contributed by atoms with van der Waals surface area (Å²) in [5.41, 5.74) is 0.267. The molecular formula is C18H18ClF2NO2S. The van der Waals surface area contributed by atoms with Crippen LogP contribution in [-0.2, 0) is 6.42 Å². The lowest BCUT2D eigenvalue weighted by molar-refractivity contribution is 0.193. The molecule has 0 aromatic heterocycles. The highest BCUT2D eigenvalue weighted by molar-refractivity contribution is 7.99. The van der Waals surface area contributed by atoms with E-state index in [1.165, 1.54) is 0 Å². The second-order valence-electron chi connectivity index (χ2n) is 5.78. The number of fused-ring (bicyclic) bond motifs is 1. The van der Waals surface area contributed by atoms with Crippen molar-refractivity contribution < 1.29 is 18.6 Å². The number of hydrogen-bond acceptors (Lipinski definition) is 4. The maximum absolute atomic E-state index is 14.1. The summed E-state index contributed by atoms with van der Waals surface area (Å²) in [6.07, 6.45) is 0.364. The van der Waals surface area contributed by atoms with Gasteiger partial charge in [-0.2, -0.15) is 0 Å². The van der Waals surface area contributed by atoms with Gasteiger partial charge in [0.1, 0.15) is 5.82 Å².